The zero-order valence-corrected chi connectivity index (χ0v) is 16.6. The monoisotopic (exact) mass is 399 g/mol. The summed E-state index contributed by atoms with van der Waals surface area (Å²) in [5.41, 5.74) is 2.08. The molecule has 2 saturated heterocycles. The van der Waals surface area contributed by atoms with Crippen molar-refractivity contribution >= 4 is 40.6 Å². The smallest absolute Gasteiger partial charge is 0.329 e. The minimum absolute atomic E-state index is 0.129. The van der Waals surface area contributed by atoms with Gasteiger partial charge in [-0.25, -0.2) is 4.79 Å². The topological polar surface area (TPSA) is 60.8 Å². The van der Waals surface area contributed by atoms with Gasteiger partial charge < -0.3 is 19.7 Å². The predicted molar refractivity (Wildman–Crippen MR) is 108 cm³/mol. The number of amides is 3. The number of urea groups is 1. The lowest BCUT2D eigenvalue weighted by Gasteiger charge is -2.29. The van der Waals surface area contributed by atoms with Gasteiger partial charge in [-0.15, -0.1) is 0 Å². The summed E-state index contributed by atoms with van der Waals surface area (Å²) in [6.45, 7) is 3.49. The Kier molecular flexibility index (Phi) is 3.93. The molecule has 2 aromatic rings. The van der Waals surface area contributed by atoms with E-state index in [4.69, 9.17) is 11.6 Å². The van der Waals surface area contributed by atoms with Crippen LogP contribution in [0.15, 0.2) is 30.5 Å². The normalized spacial score (nSPS) is 23.9. The number of carbonyl (C=O) groups excluding carboxylic acids is 2. The molecule has 1 N–H and O–H groups in total. The van der Waals surface area contributed by atoms with Crippen molar-refractivity contribution in [1.29, 1.82) is 0 Å². The van der Waals surface area contributed by atoms with Crippen molar-refractivity contribution in [3.63, 3.8) is 0 Å². The fraction of sp³-hybridized carbons (Fsp3) is 0.400. The Morgan fingerprint density at radius 1 is 1.11 bits per heavy atom. The number of hydrogen-bond donors (Lipinski definition) is 1. The van der Waals surface area contributed by atoms with Gasteiger partial charge in [0.25, 0.3) is 5.91 Å². The van der Waals surface area contributed by atoms with Gasteiger partial charge in [-0.3, -0.25) is 9.69 Å². The third-order valence-corrected chi connectivity index (χ3v) is 6.35. The lowest BCUT2D eigenvalue weighted by molar-refractivity contribution is 0.102. The maximum absolute atomic E-state index is 13.7. The Morgan fingerprint density at radius 2 is 1.79 bits per heavy atom. The number of anilines is 3. The van der Waals surface area contributed by atoms with E-state index in [1.807, 2.05) is 23.1 Å². The van der Waals surface area contributed by atoms with Crippen molar-refractivity contribution in [2.45, 2.75) is 0 Å². The molecule has 2 unspecified atom stereocenters. The number of carbonyl (C=O) groups is 2. The summed E-state index contributed by atoms with van der Waals surface area (Å²) in [7, 11) is 3.89. The first-order valence-corrected chi connectivity index (χ1v) is 9.84. The molecule has 0 aliphatic carbocycles. The summed E-state index contributed by atoms with van der Waals surface area (Å²) in [5.74, 6) is 0.732. The minimum Gasteiger partial charge on any atom is -0.343 e. The summed E-state index contributed by atoms with van der Waals surface area (Å²) >= 11 is 6.51. The van der Waals surface area contributed by atoms with E-state index < -0.39 is 0 Å². The average molecular weight is 400 g/mol. The highest BCUT2D eigenvalue weighted by molar-refractivity contribution is 6.36. The number of rotatable bonds is 0. The van der Waals surface area contributed by atoms with E-state index in [0.717, 1.165) is 26.2 Å². The predicted octanol–water partition coefficient (Wildman–Crippen LogP) is 3.00. The van der Waals surface area contributed by atoms with Gasteiger partial charge in [0.15, 0.2) is 0 Å². The van der Waals surface area contributed by atoms with E-state index in [9.17, 15) is 9.59 Å². The number of hydrogen-bond acceptors (Lipinski definition) is 3. The molecule has 1 aromatic heterocycles. The molecule has 8 heteroatoms. The number of benzene rings is 1. The van der Waals surface area contributed by atoms with Crippen molar-refractivity contribution in [1.82, 2.24) is 14.4 Å². The fourth-order valence-electron chi connectivity index (χ4n) is 4.86. The molecule has 0 radical (unpaired) electrons. The van der Waals surface area contributed by atoms with Crippen LogP contribution in [0.4, 0.5) is 21.9 Å². The van der Waals surface area contributed by atoms with Crippen LogP contribution >= 0.6 is 11.6 Å². The van der Waals surface area contributed by atoms with E-state index in [-0.39, 0.29) is 11.9 Å². The maximum Gasteiger partial charge on any atom is 0.329 e. The molecule has 3 aliphatic heterocycles. The number of para-hydroxylation sites is 2. The largest absolute Gasteiger partial charge is 0.343 e. The summed E-state index contributed by atoms with van der Waals surface area (Å²) in [5, 5.41) is 3.30. The van der Waals surface area contributed by atoms with Gasteiger partial charge >= 0.3 is 6.03 Å². The summed E-state index contributed by atoms with van der Waals surface area (Å²) in [6, 6.07) is 7.23. The molecule has 3 aliphatic rings. The Hall–Kier alpha value is -2.51. The zero-order valence-electron chi connectivity index (χ0n) is 15.9. The zero-order chi connectivity index (χ0) is 19.6. The van der Waals surface area contributed by atoms with Gasteiger partial charge in [0, 0.05) is 39.4 Å². The number of likely N-dealkylation sites (tertiary alicyclic amines) is 2. The second kappa shape index (κ2) is 6.25. The number of halogens is 1. The Bertz CT molecular complexity index is 973. The summed E-state index contributed by atoms with van der Waals surface area (Å²) < 4.78 is 1.67. The second-order valence-corrected chi connectivity index (χ2v) is 8.43. The van der Waals surface area contributed by atoms with Gasteiger partial charge in [-0.05, 0) is 31.0 Å². The molecule has 5 rings (SSSR count). The van der Waals surface area contributed by atoms with Crippen LogP contribution in [0.1, 0.15) is 10.5 Å². The van der Waals surface area contributed by atoms with Gasteiger partial charge in [0.2, 0.25) is 0 Å². The van der Waals surface area contributed by atoms with Crippen LogP contribution in [0, 0.1) is 11.8 Å². The Balaban J connectivity index is 1.60. The number of fused-ring (bicyclic) bond motifs is 3. The van der Waals surface area contributed by atoms with Crippen LogP contribution in [0.25, 0.3) is 0 Å². The highest BCUT2D eigenvalue weighted by Gasteiger charge is 2.43. The maximum atomic E-state index is 13.7. The van der Waals surface area contributed by atoms with Crippen LogP contribution in [-0.2, 0) is 7.05 Å². The quantitative estimate of drug-likeness (QED) is 0.740. The van der Waals surface area contributed by atoms with Crippen LogP contribution in [0.3, 0.4) is 0 Å². The molecule has 2 atom stereocenters. The molecule has 28 heavy (non-hydrogen) atoms. The first-order valence-electron chi connectivity index (χ1n) is 9.47. The van der Waals surface area contributed by atoms with E-state index in [2.05, 4.69) is 17.3 Å². The summed E-state index contributed by atoms with van der Waals surface area (Å²) in [4.78, 5) is 32.4. The van der Waals surface area contributed by atoms with Crippen molar-refractivity contribution in [3.8, 4) is 0 Å². The molecular weight excluding hydrogens is 378 g/mol. The molecule has 0 bridgehead atoms. The third kappa shape index (κ3) is 2.53. The molecule has 3 amide bonds. The van der Waals surface area contributed by atoms with Crippen LogP contribution in [0.2, 0.25) is 5.02 Å². The van der Waals surface area contributed by atoms with Crippen LogP contribution in [-0.4, -0.2) is 59.5 Å². The SMILES string of the molecule is CN1CC2CN(C(=O)N3c4ccccc4NC(=O)c4c3c(Cl)cn4C)CC2C1. The molecule has 4 heterocycles. The lowest BCUT2D eigenvalue weighted by Crippen LogP contribution is -2.41. The summed E-state index contributed by atoms with van der Waals surface area (Å²) in [6.07, 6.45) is 1.67. The number of nitrogens with zero attached hydrogens (tertiary/aromatic N) is 4. The average Bonchev–Trinajstić information content (AvgIpc) is 3.24. The van der Waals surface area contributed by atoms with E-state index in [1.54, 1.807) is 28.8 Å². The van der Waals surface area contributed by atoms with Gasteiger partial charge in [0.05, 0.1) is 16.4 Å². The third-order valence-electron chi connectivity index (χ3n) is 6.07. The number of aryl methyl sites for hydroxylation is 1. The first kappa shape index (κ1) is 17.6. The highest BCUT2D eigenvalue weighted by atomic mass is 35.5. The molecule has 1 aromatic carbocycles. The number of nitrogens with one attached hydrogen (secondary N) is 1. The van der Waals surface area contributed by atoms with E-state index in [1.165, 1.54) is 0 Å². The van der Waals surface area contributed by atoms with Gasteiger partial charge in [-0.1, -0.05) is 23.7 Å². The van der Waals surface area contributed by atoms with Gasteiger partial charge in [0.1, 0.15) is 11.4 Å². The van der Waals surface area contributed by atoms with E-state index in [0.29, 0.717) is 39.6 Å². The molecule has 2 fully saturated rings. The Morgan fingerprint density at radius 3 is 2.50 bits per heavy atom. The molecular formula is C20H22ClN5O2. The number of aromatic nitrogens is 1. The van der Waals surface area contributed by atoms with Crippen LogP contribution in [0.5, 0.6) is 0 Å². The second-order valence-electron chi connectivity index (χ2n) is 8.02. The first-order chi connectivity index (χ1) is 13.4. The minimum atomic E-state index is -0.271. The van der Waals surface area contributed by atoms with Gasteiger partial charge in [-0.2, -0.15) is 0 Å². The van der Waals surface area contributed by atoms with Crippen molar-refractivity contribution in [3.05, 3.63) is 41.2 Å². The molecule has 0 spiro atoms. The van der Waals surface area contributed by atoms with Crippen LogP contribution < -0.4 is 10.2 Å². The van der Waals surface area contributed by atoms with Crippen molar-refractivity contribution < 1.29 is 9.59 Å². The Labute approximate surface area is 168 Å². The fourth-order valence-corrected chi connectivity index (χ4v) is 5.18. The molecule has 0 saturated carbocycles. The highest BCUT2D eigenvalue weighted by Crippen LogP contribution is 2.44. The standard InChI is InChI=1S/C20H22ClN5O2/c1-23-7-12-9-25(10-13(12)8-23)20(28)26-16-6-4-3-5-15(16)22-19(27)18-17(26)14(21)11-24(18)2/h3-6,11-13H,7-10H2,1-2H3,(H,22,27). The van der Waals surface area contributed by atoms with E-state index >= 15 is 0 Å². The van der Waals surface area contributed by atoms with Crippen molar-refractivity contribution in [2.75, 3.05) is 43.4 Å². The molecule has 146 valence electrons. The molecule has 7 nitrogen and oxygen atoms in total. The van der Waals surface area contributed by atoms with Crippen molar-refractivity contribution in [2.24, 2.45) is 18.9 Å². The lowest BCUT2D eigenvalue weighted by atomic mass is 10.0.